The highest BCUT2D eigenvalue weighted by Crippen LogP contribution is 2.38. The Morgan fingerprint density at radius 1 is 0.967 bits per heavy atom. The maximum Gasteiger partial charge on any atom is 0.151 e. The van der Waals surface area contributed by atoms with Gasteiger partial charge in [0.05, 0.1) is 23.6 Å². The number of piperidine rings is 1. The molecule has 2 aliphatic heterocycles. The second-order valence-electron chi connectivity index (χ2n) is 8.53. The van der Waals surface area contributed by atoms with E-state index < -0.39 is 0 Å². The lowest BCUT2D eigenvalue weighted by molar-refractivity contribution is 0.239. The van der Waals surface area contributed by atoms with Crippen molar-refractivity contribution < 1.29 is 0 Å². The molecule has 5 heterocycles. The highest BCUT2D eigenvalue weighted by Gasteiger charge is 2.39. The third-order valence-corrected chi connectivity index (χ3v) is 6.67. The van der Waals surface area contributed by atoms with Crippen LogP contribution in [0, 0.1) is 5.41 Å². The largest absolute Gasteiger partial charge is 0.355 e. The maximum atomic E-state index is 4.58. The van der Waals surface area contributed by atoms with Crippen LogP contribution in [-0.2, 0) is 0 Å². The maximum absolute atomic E-state index is 4.58. The normalized spacial score (nSPS) is 21.7. The highest BCUT2D eigenvalue weighted by molar-refractivity contribution is 6.01. The zero-order chi connectivity index (χ0) is 20.0. The van der Waals surface area contributed by atoms with Crippen molar-refractivity contribution in [2.24, 2.45) is 5.41 Å². The molecule has 0 radical (unpaired) electrons. The van der Waals surface area contributed by atoms with Crippen LogP contribution in [0.2, 0.25) is 0 Å². The van der Waals surface area contributed by atoms with Gasteiger partial charge in [-0.05, 0) is 49.6 Å². The summed E-state index contributed by atoms with van der Waals surface area (Å²) in [6.45, 7) is 4.39. The van der Waals surface area contributed by atoms with Gasteiger partial charge in [-0.1, -0.05) is 6.07 Å². The van der Waals surface area contributed by atoms with E-state index in [0.29, 0.717) is 5.41 Å². The van der Waals surface area contributed by atoms with Gasteiger partial charge in [0.25, 0.3) is 0 Å². The first-order valence-corrected chi connectivity index (χ1v) is 10.6. The first kappa shape index (κ1) is 17.6. The third kappa shape index (κ3) is 2.87. The molecule has 0 saturated carbocycles. The van der Waals surface area contributed by atoms with E-state index in [9.17, 15) is 0 Å². The quantitative estimate of drug-likeness (QED) is 0.489. The van der Waals surface area contributed by atoms with Crippen LogP contribution in [-0.4, -0.2) is 56.8 Å². The van der Waals surface area contributed by atoms with E-state index in [2.05, 4.69) is 65.1 Å². The smallest absolute Gasteiger partial charge is 0.151 e. The summed E-state index contributed by atoms with van der Waals surface area (Å²) in [6.07, 6.45) is 9.37. The summed E-state index contributed by atoms with van der Waals surface area (Å²) in [7, 11) is 0. The molecule has 6 rings (SSSR count). The molecule has 3 N–H and O–H groups in total. The Bertz CT molecular complexity index is 1160. The molecule has 1 spiro atoms. The third-order valence-electron chi connectivity index (χ3n) is 6.67. The van der Waals surface area contributed by atoms with Crippen LogP contribution in [0.15, 0.2) is 42.9 Å². The molecular formula is C22H24N8. The van der Waals surface area contributed by atoms with Crippen LogP contribution in [0.3, 0.4) is 0 Å². The number of aromatic nitrogens is 6. The van der Waals surface area contributed by atoms with Gasteiger partial charge >= 0.3 is 0 Å². The molecule has 30 heavy (non-hydrogen) atoms. The van der Waals surface area contributed by atoms with Crippen LogP contribution in [0.4, 0.5) is 5.82 Å². The summed E-state index contributed by atoms with van der Waals surface area (Å²) in [6, 6.07) is 8.34. The van der Waals surface area contributed by atoms with Gasteiger partial charge in [0.1, 0.15) is 0 Å². The van der Waals surface area contributed by atoms with Gasteiger partial charge in [-0.3, -0.25) is 10.2 Å². The number of fused-ring (bicyclic) bond motifs is 1. The van der Waals surface area contributed by atoms with Crippen molar-refractivity contribution in [2.45, 2.75) is 19.3 Å². The molecule has 1 aromatic carbocycles. The molecule has 0 aliphatic carbocycles. The van der Waals surface area contributed by atoms with Gasteiger partial charge in [0, 0.05) is 47.8 Å². The van der Waals surface area contributed by atoms with Crippen molar-refractivity contribution >= 4 is 16.7 Å². The summed E-state index contributed by atoms with van der Waals surface area (Å²) in [5.41, 5.74) is 5.34. The van der Waals surface area contributed by atoms with Crippen molar-refractivity contribution in [3.8, 4) is 22.4 Å². The molecule has 2 fully saturated rings. The Labute approximate surface area is 174 Å². The van der Waals surface area contributed by atoms with E-state index in [-0.39, 0.29) is 0 Å². The molecule has 2 aliphatic rings. The zero-order valence-electron chi connectivity index (χ0n) is 16.7. The fourth-order valence-electron chi connectivity index (χ4n) is 5.05. The van der Waals surface area contributed by atoms with Crippen molar-refractivity contribution in [3.63, 3.8) is 0 Å². The molecule has 0 bridgehead atoms. The van der Waals surface area contributed by atoms with Crippen molar-refractivity contribution in [3.05, 3.63) is 42.9 Å². The van der Waals surface area contributed by atoms with E-state index >= 15 is 0 Å². The van der Waals surface area contributed by atoms with Gasteiger partial charge in [-0.25, -0.2) is 0 Å². The Morgan fingerprint density at radius 2 is 1.93 bits per heavy atom. The average molecular weight is 400 g/mol. The number of rotatable bonds is 3. The van der Waals surface area contributed by atoms with Crippen LogP contribution in [0.25, 0.3) is 33.3 Å². The summed E-state index contributed by atoms with van der Waals surface area (Å²) in [4.78, 5) is 2.39. The first-order valence-electron chi connectivity index (χ1n) is 10.6. The van der Waals surface area contributed by atoms with Crippen molar-refractivity contribution in [1.82, 2.24) is 35.9 Å². The first-order chi connectivity index (χ1) is 14.8. The minimum Gasteiger partial charge on any atom is -0.355 e. The molecule has 0 amide bonds. The SMILES string of the molecule is c1n[nH]cc1-c1ccc(-c2ccc(N3CCC4(CCCNC4)C3)nn2)c2[nH]ncc12. The molecule has 1 unspecified atom stereocenters. The number of benzene rings is 1. The Balaban J connectivity index is 1.29. The molecule has 2 saturated heterocycles. The number of H-pyrrole nitrogens is 2. The standard InChI is InChI=1S/C22H24N8/c1-6-22(13-23-8-1)7-9-30(14-22)20-5-4-19(27-28-20)17-3-2-16(15-10-24-25-11-15)18-12-26-29-21(17)18/h2-5,10-12,23H,1,6-9,13-14H2,(H,24,25)(H,26,29). The monoisotopic (exact) mass is 400 g/mol. The number of hydrogen-bond donors (Lipinski definition) is 3. The Hall–Kier alpha value is -3.26. The summed E-state index contributed by atoms with van der Waals surface area (Å²) >= 11 is 0. The van der Waals surface area contributed by atoms with E-state index in [1.54, 1.807) is 0 Å². The van der Waals surface area contributed by atoms with Gasteiger partial charge in [0.15, 0.2) is 5.82 Å². The minimum absolute atomic E-state index is 0.406. The molecule has 8 nitrogen and oxygen atoms in total. The highest BCUT2D eigenvalue weighted by atomic mass is 15.3. The predicted molar refractivity (Wildman–Crippen MR) is 116 cm³/mol. The number of hydrogen-bond acceptors (Lipinski definition) is 6. The fraction of sp³-hybridized carbons (Fsp3) is 0.364. The number of nitrogens with one attached hydrogen (secondary N) is 3. The van der Waals surface area contributed by atoms with Crippen LogP contribution < -0.4 is 10.2 Å². The Morgan fingerprint density at radius 3 is 2.73 bits per heavy atom. The van der Waals surface area contributed by atoms with Crippen molar-refractivity contribution in [2.75, 3.05) is 31.1 Å². The minimum atomic E-state index is 0.406. The molecule has 4 aromatic rings. The van der Waals surface area contributed by atoms with Gasteiger partial charge in [0.2, 0.25) is 0 Å². The topological polar surface area (TPSA) is 98.4 Å². The van der Waals surface area contributed by atoms with E-state index in [1.807, 2.05) is 18.6 Å². The van der Waals surface area contributed by atoms with E-state index in [1.165, 1.54) is 19.3 Å². The summed E-state index contributed by atoms with van der Waals surface area (Å²) in [5.74, 6) is 0.970. The van der Waals surface area contributed by atoms with Crippen LogP contribution in [0.5, 0.6) is 0 Å². The van der Waals surface area contributed by atoms with Gasteiger partial charge in [-0.2, -0.15) is 10.2 Å². The lowest BCUT2D eigenvalue weighted by atomic mass is 9.80. The van der Waals surface area contributed by atoms with E-state index in [4.69, 9.17) is 0 Å². The zero-order valence-corrected chi connectivity index (χ0v) is 16.7. The molecule has 3 aromatic heterocycles. The summed E-state index contributed by atoms with van der Waals surface area (Å²) in [5, 5.41) is 28.1. The van der Waals surface area contributed by atoms with Gasteiger partial charge < -0.3 is 10.2 Å². The molecule has 1 atom stereocenters. The molecular weight excluding hydrogens is 376 g/mol. The Kier molecular flexibility index (Phi) is 4.05. The number of nitrogens with zero attached hydrogens (tertiary/aromatic N) is 5. The number of aromatic amines is 2. The lowest BCUT2D eigenvalue weighted by Gasteiger charge is -2.33. The summed E-state index contributed by atoms with van der Waals surface area (Å²) < 4.78 is 0. The van der Waals surface area contributed by atoms with Crippen molar-refractivity contribution in [1.29, 1.82) is 0 Å². The fourth-order valence-corrected chi connectivity index (χ4v) is 5.05. The van der Waals surface area contributed by atoms with Crippen LogP contribution in [0.1, 0.15) is 19.3 Å². The van der Waals surface area contributed by atoms with Gasteiger partial charge in [-0.15, -0.1) is 10.2 Å². The second kappa shape index (κ2) is 6.91. The lowest BCUT2D eigenvalue weighted by Crippen LogP contribution is -2.42. The number of anilines is 1. The molecule has 152 valence electrons. The van der Waals surface area contributed by atoms with Crippen LogP contribution >= 0.6 is 0 Å². The average Bonchev–Trinajstić information content (AvgIpc) is 3.55. The second-order valence-corrected chi connectivity index (χ2v) is 8.53. The predicted octanol–water partition coefficient (Wildman–Crippen LogP) is 2.99. The van der Waals surface area contributed by atoms with E-state index in [0.717, 1.165) is 65.3 Å². The molecule has 8 heteroatoms.